The second-order valence-corrected chi connectivity index (χ2v) is 6.56. The number of carbonyl (C=O) groups excluding carboxylic acids is 1. The third-order valence-corrected chi connectivity index (χ3v) is 4.10. The lowest BCUT2D eigenvalue weighted by atomic mass is 10.1. The first-order valence-electron chi connectivity index (χ1n) is 8.52. The minimum atomic E-state index is -0.144. The molecule has 5 nitrogen and oxygen atoms in total. The van der Waals surface area contributed by atoms with Crippen LogP contribution in [-0.2, 0) is 0 Å². The zero-order chi connectivity index (χ0) is 15.8. The third-order valence-electron chi connectivity index (χ3n) is 4.10. The quantitative estimate of drug-likeness (QED) is 0.791. The van der Waals surface area contributed by atoms with E-state index in [0.29, 0.717) is 24.2 Å². The molecule has 0 aromatic carbocycles. The van der Waals surface area contributed by atoms with Crippen molar-refractivity contribution in [2.24, 2.45) is 5.92 Å². The lowest BCUT2D eigenvalue weighted by Crippen LogP contribution is -2.26. The van der Waals surface area contributed by atoms with E-state index in [1.807, 2.05) is 0 Å². The number of hydrogen-bond donors (Lipinski definition) is 2. The summed E-state index contributed by atoms with van der Waals surface area (Å²) in [6, 6.07) is 0.488. The van der Waals surface area contributed by atoms with Crippen LogP contribution in [0, 0.1) is 5.92 Å². The second-order valence-electron chi connectivity index (χ2n) is 6.56. The van der Waals surface area contributed by atoms with Crippen LogP contribution in [0.1, 0.15) is 69.3 Å². The number of rotatable bonds is 6. The molecule has 1 aliphatic carbocycles. The van der Waals surface area contributed by atoms with Crippen molar-refractivity contribution in [1.29, 1.82) is 0 Å². The first-order chi connectivity index (χ1) is 10.6. The fourth-order valence-electron chi connectivity index (χ4n) is 2.72. The number of carbonyl (C=O) groups is 1. The second kappa shape index (κ2) is 8.71. The molecule has 0 spiro atoms. The molecular weight excluding hydrogens is 276 g/mol. The molecule has 122 valence electrons. The van der Waals surface area contributed by atoms with Gasteiger partial charge in [-0.3, -0.25) is 4.79 Å². The molecule has 5 heteroatoms. The van der Waals surface area contributed by atoms with E-state index >= 15 is 0 Å². The first-order valence-corrected chi connectivity index (χ1v) is 8.52. The molecular formula is C17H28N4O. The van der Waals surface area contributed by atoms with Crippen molar-refractivity contribution in [3.05, 3.63) is 18.1 Å². The topological polar surface area (TPSA) is 66.9 Å². The number of nitrogens with one attached hydrogen (secondary N) is 2. The monoisotopic (exact) mass is 304 g/mol. The van der Waals surface area contributed by atoms with Crippen molar-refractivity contribution in [2.45, 2.75) is 64.8 Å². The summed E-state index contributed by atoms with van der Waals surface area (Å²) in [5.41, 5.74) is 0.384. The normalized spacial score (nSPS) is 16.3. The van der Waals surface area contributed by atoms with Gasteiger partial charge in [-0.1, -0.05) is 39.5 Å². The summed E-state index contributed by atoms with van der Waals surface area (Å²) >= 11 is 0. The van der Waals surface area contributed by atoms with Gasteiger partial charge in [0.05, 0.1) is 12.4 Å². The van der Waals surface area contributed by atoms with Crippen LogP contribution in [0.3, 0.4) is 0 Å². The molecule has 1 aliphatic rings. The SMILES string of the molecule is CC(C)CCNC(=O)c1cnc(NC2CCCCCC2)cn1. The Morgan fingerprint density at radius 3 is 2.50 bits per heavy atom. The van der Waals surface area contributed by atoms with Crippen LogP contribution >= 0.6 is 0 Å². The summed E-state index contributed by atoms with van der Waals surface area (Å²) in [5, 5.41) is 6.32. The van der Waals surface area contributed by atoms with Crippen LogP contribution in [0.5, 0.6) is 0 Å². The largest absolute Gasteiger partial charge is 0.366 e. The van der Waals surface area contributed by atoms with E-state index in [1.165, 1.54) is 38.5 Å². The highest BCUT2D eigenvalue weighted by Gasteiger charge is 2.13. The fraction of sp³-hybridized carbons (Fsp3) is 0.706. The van der Waals surface area contributed by atoms with E-state index in [4.69, 9.17) is 0 Å². The summed E-state index contributed by atoms with van der Waals surface area (Å²) in [5.74, 6) is 1.21. The molecule has 1 saturated carbocycles. The van der Waals surface area contributed by atoms with E-state index < -0.39 is 0 Å². The molecule has 0 bridgehead atoms. The number of aromatic nitrogens is 2. The van der Waals surface area contributed by atoms with Gasteiger partial charge >= 0.3 is 0 Å². The van der Waals surface area contributed by atoms with E-state index in [0.717, 1.165) is 12.2 Å². The van der Waals surface area contributed by atoms with Crippen molar-refractivity contribution in [3.63, 3.8) is 0 Å². The molecule has 0 saturated heterocycles. The molecule has 0 unspecified atom stereocenters. The minimum Gasteiger partial charge on any atom is -0.366 e. The van der Waals surface area contributed by atoms with Gasteiger partial charge in [0.1, 0.15) is 11.5 Å². The molecule has 1 aromatic heterocycles. The number of hydrogen-bond acceptors (Lipinski definition) is 4. The fourth-order valence-corrected chi connectivity index (χ4v) is 2.72. The van der Waals surface area contributed by atoms with Gasteiger partial charge in [-0.05, 0) is 25.2 Å². The van der Waals surface area contributed by atoms with E-state index in [9.17, 15) is 4.79 Å². The number of nitrogens with zero attached hydrogens (tertiary/aromatic N) is 2. The van der Waals surface area contributed by atoms with Gasteiger partial charge in [0.2, 0.25) is 0 Å². The Morgan fingerprint density at radius 2 is 1.91 bits per heavy atom. The van der Waals surface area contributed by atoms with Gasteiger partial charge in [-0.2, -0.15) is 0 Å². The lowest BCUT2D eigenvalue weighted by Gasteiger charge is -2.16. The number of anilines is 1. The van der Waals surface area contributed by atoms with Crippen LogP contribution in [0.25, 0.3) is 0 Å². The van der Waals surface area contributed by atoms with Gasteiger partial charge < -0.3 is 10.6 Å². The van der Waals surface area contributed by atoms with E-state index in [2.05, 4.69) is 34.4 Å². The van der Waals surface area contributed by atoms with Gasteiger partial charge in [0.15, 0.2) is 0 Å². The van der Waals surface area contributed by atoms with Gasteiger partial charge in [-0.15, -0.1) is 0 Å². The molecule has 1 aromatic rings. The molecule has 2 N–H and O–H groups in total. The Kier molecular flexibility index (Phi) is 6.62. The summed E-state index contributed by atoms with van der Waals surface area (Å²) in [4.78, 5) is 20.5. The maximum Gasteiger partial charge on any atom is 0.271 e. The summed E-state index contributed by atoms with van der Waals surface area (Å²) in [6.07, 6.45) is 11.8. The Balaban J connectivity index is 1.82. The smallest absolute Gasteiger partial charge is 0.271 e. The van der Waals surface area contributed by atoms with E-state index in [1.54, 1.807) is 12.4 Å². The van der Waals surface area contributed by atoms with Gasteiger partial charge in [0, 0.05) is 12.6 Å². The molecule has 2 rings (SSSR count). The average molecular weight is 304 g/mol. The summed E-state index contributed by atoms with van der Waals surface area (Å²) < 4.78 is 0. The highest BCUT2D eigenvalue weighted by Crippen LogP contribution is 2.19. The molecule has 1 heterocycles. The van der Waals surface area contributed by atoms with E-state index in [-0.39, 0.29) is 5.91 Å². The predicted octanol–water partition coefficient (Wildman–Crippen LogP) is 3.39. The average Bonchev–Trinajstić information content (AvgIpc) is 2.76. The van der Waals surface area contributed by atoms with Crippen molar-refractivity contribution < 1.29 is 4.79 Å². The Hall–Kier alpha value is -1.65. The minimum absolute atomic E-state index is 0.144. The summed E-state index contributed by atoms with van der Waals surface area (Å²) in [6.45, 7) is 4.96. The highest BCUT2D eigenvalue weighted by molar-refractivity contribution is 5.91. The maximum absolute atomic E-state index is 11.9. The standard InChI is InChI=1S/C17H28N4O/c1-13(2)9-10-18-17(22)15-11-20-16(12-19-15)21-14-7-5-3-4-6-8-14/h11-14H,3-10H2,1-2H3,(H,18,22)(H,20,21). The van der Waals surface area contributed by atoms with Crippen molar-refractivity contribution in [1.82, 2.24) is 15.3 Å². The Labute approximate surface area is 133 Å². The molecule has 0 atom stereocenters. The molecule has 0 aliphatic heterocycles. The van der Waals surface area contributed by atoms with Gasteiger partial charge in [0.25, 0.3) is 5.91 Å². The Morgan fingerprint density at radius 1 is 1.18 bits per heavy atom. The van der Waals surface area contributed by atoms with Crippen LogP contribution in [0.15, 0.2) is 12.4 Å². The predicted molar refractivity (Wildman–Crippen MR) is 88.9 cm³/mol. The van der Waals surface area contributed by atoms with Crippen LogP contribution in [0.4, 0.5) is 5.82 Å². The highest BCUT2D eigenvalue weighted by atomic mass is 16.1. The molecule has 0 radical (unpaired) electrons. The molecule has 22 heavy (non-hydrogen) atoms. The van der Waals surface area contributed by atoms with Crippen LogP contribution < -0.4 is 10.6 Å². The zero-order valence-electron chi connectivity index (χ0n) is 13.8. The third kappa shape index (κ3) is 5.62. The molecule has 1 amide bonds. The Bertz CT molecular complexity index is 450. The lowest BCUT2D eigenvalue weighted by molar-refractivity contribution is 0.0946. The van der Waals surface area contributed by atoms with Gasteiger partial charge in [-0.25, -0.2) is 9.97 Å². The van der Waals surface area contributed by atoms with Crippen molar-refractivity contribution in [2.75, 3.05) is 11.9 Å². The summed E-state index contributed by atoms with van der Waals surface area (Å²) in [7, 11) is 0. The zero-order valence-corrected chi connectivity index (χ0v) is 13.8. The first kappa shape index (κ1) is 16.7. The van der Waals surface area contributed by atoms with Crippen LogP contribution in [-0.4, -0.2) is 28.5 Å². The van der Waals surface area contributed by atoms with Crippen molar-refractivity contribution >= 4 is 11.7 Å². The maximum atomic E-state index is 11.9. The molecule has 1 fully saturated rings. The van der Waals surface area contributed by atoms with Crippen molar-refractivity contribution in [3.8, 4) is 0 Å². The van der Waals surface area contributed by atoms with Crippen LogP contribution in [0.2, 0.25) is 0 Å². The number of amides is 1.